The van der Waals surface area contributed by atoms with Crippen LogP contribution in [0.4, 0.5) is 0 Å². The number of nitrogens with one attached hydrogen (secondary N) is 2. The number of rotatable bonds is 8. The summed E-state index contributed by atoms with van der Waals surface area (Å²) in [6.07, 6.45) is 5.40. The number of likely N-dealkylation sites (tertiary alicyclic amines) is 1. The summed E-state index contributed by atoms with van der Waals surface area (Å²) in [6, 6.07) is 25.9. The number of thiophene rings is 2. The van der Waals surface area contributed by atoms with E-state index in [9.17, 15) is 9.59 Å². The minimum Gasteiger partial charge on any atom is -0.340 e. The maximum Gasteiger partial charge on any atom is 0.250 e. The average molecular weight is 579 g/mol. The summed E-state index contributed by atoms with van der Waals surface area (Å²) in [4.78, 5) is 40.3. The maximum atomic E-state index is 13.9. The van der Waals surface area contributed by atoms with Crippen molar-refractivity contribution in [1.29, 1.82) is 0 Å². The van der Waals surface area contributed by atoms with Crippen LogP contribution in [0.15, 0.2) is 90.4 Å². The summed E-state index contributed by atoms with van der Waals surface area (Å²) in [7, 11) is 0. The van der Waals surface area contributed by atoms with Crippen molar-refractivity contribution in [2.24, 2.45) is 5.92 Å². The van der Waals surface area contributed by atoms with Crippen molar-refractivity contribution >= 4 is 34.5 Å². The number of aromatic amines is 1. The van der Waals surface area contributed by atoms with Crippen molar-refractivity contribution in [3.63, 3.8) is 0 Å². The molecule has 0 bridgehead atoms. The van der Waals surface area contributed by atoms with Crippen molar-refractivity contribution in [2.45, 2.75) is 37.8 Å². The number of H-pyrrole nitrogens is 1. The van der Waals surface area contributed by atoms with Gasteiger partial charge in [-0.3, -0.25) is 9.59 Å². The number of amides is 2. The van der Waals surface area contributed by atoms with Crippen molar-refractivity contribution in [3.05, 3.63) is 102 Å². The first kappa shape index (κ1) is 25.9. The number of hydrogen-bond donors (Lipinski definition) is 2. The SMILES string of the molecule is O=C(N[C@@H](C(=O)N1CCC[C@@H]1c1ncc(-c2ccc(-c3ccc(-c4cccs4)cc3)s2)[nH]1)c1ccccc1)C1CC1. The Labute approximate surface area is 247 Å². The van der Waals surface area contributed by atoms with Crippen LogP contribution in [0, 0.1) is 5.92 Å². The molecule has 6 nitrogen and oxygen atoms in total. The van der Waals surface area contributed by atoms with Gasteiger partial charge >= 0.3 is 0 Å². The fraction of sp³-hybridized carbons (Fsp3) is 0.242. The first-order valence-electron chi connectivity index (χ1n) is 14.1. The number of benzene rings is 2. The van der Waals surface area contributed by atoms with Gasteiger partial charge in [0.15, 0.2) is 0 Å². The van der Waals surface area contributed by atoms with Crippen LogP contribution in [-0.4, -0.2) is 33.2 Å². The minimum absolute atomic E-state index is 0.0297. The quantitative estimate of drug-likeness (QED) is 0.201. The number of aromatic nitrogens is 2. The highest BCUT2D eigenvalue weighted by Gasteiger charge is 2.39. The van der Waals surface area contributed by atoms with Gasteiger partial charge in [-0.2, -0.15) is 0 Å². The van der Waals surface area contributed by atoms with Crippen LogP contribution >= 0.6 is 22.7 Å². The lowest BCUT2D eigenvalue weighted by Crippen LogP contribution is -2.43. The van der Waals surface area contributed by atoms with E-state index in [1.54, 1.807) is 22.7 Å². The van der Waals surface area contributed by atoms with E-state index < -0.39 is 6.04 Å². The molecule has 2 aliphatic rings. The summed E-state index contributed by atoms with van der Waals surface area (Å²) < 4.78 is 0. The van der Waals surface area contributed by atoms with Gasteiger partial charge in [-0.15, -0.1) is 22.7 Å². The van der Waals surface area contributed by atoms with E-state index in [1.807, 2.05) is 41.4 Å². The van der Waals surface area contributed by atoms with Gasteiger partial charge in [0.1, 0.15) is 11.9 Å². The molecule has 41 heavy (non-hydrogen) atoms. The van der Waals surface area contributed by atoms with E-state index in [0.29, 0.717) is 6.54 Å². The van der Waals surface area contributed by atoms with Gasteiger partial charge < -0.3 is 15.2 Å². The molecule has 2 aromatic carbocycles. The number of hydrogen-bond acceptors (Lipinski definition) is 5. The second-order valence-corrected chi connectivity index (χ2v) is 12.7. The second-order valence-electron chi connectivity index (χ2n) is 10.7. The van der Waals surface area contributed by atoms with Gasteiger partial charge in [0.05, 0.1) is 22.8 Å². The number of nitrogens with zero attached hydrogens (tertiary/aromatic N) is 2. The van der Waals surface area contributed by atoms with Crippen LogP contribution in [0.5, 0.6) is 0 Å². The molecule has 0 spiro atoms. The molecule has 0 unspecified atom stereocenters. The number of carbonyl (C=O) groups excluding carboxylic acids is 2. The molecule has 1 saturated carbocycles. The molecule has 0 radical (unpaired) electrons. The summed E-state index contributed by atoms with van der Waals surface area (Å²) in [6.45, 7) is 0.646. The van der Waals surface area contributed by atoms with E-state index in [4.69, 9.17) is 4.98 Å². The molecule has 206 valence electrons. The van der Waals surface area contributed by atoms with E-state index in [-0.39, 0.29) is 23.8 Å². The lowest BCUT2D eigenvalue weighted by atomic mass is 10.0. The maximum absolute atomic E-state index is 13.9. The molecule has 1 aliphatic carbocycles. The zero-order valence-electron chi connectivity index (χ0n) is 22.5. The Morgan fingerprint density at radius 1 is 0.878 bits per heavy atom. The third-order valence-electron chi connectivity index (χ3n) is 7.91. The molecule has 2 atom stereocenters. The fourth-order valence-electron chi connectivity index (χ4n) is 5.53. The minimum atomic E-state index is -0.689. The Morgan fingerprint density at radius 3 is 2.37 bits per heavy atom. The topological polar surface area (TPSA) is 78.1 Å². The standard InChI is InChI=1S/C33H30N4O2S2/c38-32(24-14-15-24)36-30(23-6-2-1-3-7-23)33(39)37-18-4-8-26(37)31-34-20-25(35-31)29-17-16-28(41-29)22-12-10-21(11-13-22)27-9-5-19-40-27/h1-3,5-7,9-13,16-17,19-20,24,26,30H,4,8,14-15,18H2,(H,34,35)(H,36,38)/t26-,30-/m1/s1. The van der Waals surface area contributed by atoms with Crippen LogP contribution < -0.4 is 5.32 Å². The van der Waals surface area contributed by atoms with E-state index in [1.165, 1.54) is 20.9 Å². The molecule has 2 fully saturated rings. The smallest absolute Gasteiger partial charge is 0.250 e. The number of carbonyl (C=O) groups is 2. The Bertz CT molecular complexity index is 1650. The lowest BCUT2D eigenvalue weighted by molar-refractivity contribution is -0.137. The zero-order chi connectivity index (χ0) is 27.8. The largest absolute Gasteiger partial charge is 0.340 e. The predicted octanol–water partition coefficient (Wildman–Crippen LogP) is 7.46. The molecule has 5 aromatic rings. The molecule has 2 amide bonds. The Kier molecular flexibility index (Phi) is 7.02. The summed E-state index contributed by atoms with van der Waals surface area (Å²) in [5, 5.41) is 5.15. The van der Waals surface area contributed by atoms with Crippen LogP contribution in [0.3, 0.4) is 0 Å². The fourth-order valence-corrected chi connectivity index (χ4v) is 7.24. The molecule has 8 heteroatoms. The monoisotopic (exact) mass is 578 g/mol. The van der Waals surface area contributed by atoms with E-state index in [0.717, 1.165) is 47.6 Å². The molecule has 2 N–H and O–H groups in total. The molecule has 3 aromatic heterocycles. The van der Waals surface area contributed by atoms with Crippen molar-refractivity contribution in [2.75, 3.05) is 6.54 Å². The van der Waals surface area contributed by atoms with Crippen molar-refractivity contribution in [1.82, 2.24) is 20.2 Å². The van der Waals surface area contributed by atoms with Gasteiger partial charge in [-0.05, 0) is 66.0 Å². The molecule has 1 aliphatic heterocycles. The average Bonchev–Trinajstić information content (AvgIpc) is 3.51. The molecule has 7 rings (SSSR count). The Hall–Kier alpha value is -4.01. The lowest BCUT2D eigenvalue weighted by Gasteiger charge is -2.28. The van der Waals surface area contributed by atoms with Crippen LogP contribution in [-0.2, 0) is 9.59 Å². The third-order valence-corrected chi connectivity index (χ3v) is 9.99. The normalized spacial score (nSPS) is 17.5. The van der Waals surface area contributed by atoms with Crippen molar-refractivity contribution in [3.8, 4) is 31.5 Å². The molecule has 4 heterocycles. The van der Waals surface area contributed by atoms with Crippen molar-refractivity contribution < 1.29 is 9.59 Å². The summed E-state index contributed by atoms with van der Waals surface area (Å²) in [5.74, 6) is 0.722. The Balaban J connectivity index is 1.09. The summed E-state index contributed by atoms with van der Waals surface area (Å²) in [5.41, 5.74) is 4.18. The van der Waals surface area contributed by atoms with Crippen LogP contribution in [0.25, 0.3) is 31.5 Å². The molecule has 1 saturated heterocycles. The molecular weight excluding hydrogens is 549 g/mol. The van der Waals surface area contributed by atoms with Crippen LogP contribution in [0.1, 0.15) is 49.2 Å². The van der Waals surface area contributed by atoms with Gasteiger partial charge in [0.2, 0.25) is 11.8 Å². The highest BCUT2D eigenvalue weighted by atomic mass is 32.1. The van der Waals surface area contributed by atoms with E-state index >= 15 is 0 Å². The van der Waals surface area contributed by atoms with Gasteiger partial charge in [0, 0.05) is 22.2 Å². The first-order chi connectivity index (χ1) is 20.1. The zero-order valence-corrected chi connectivity index (χ0v) is 24.1. The predicted molar refractivity (Wildman–Crippen MR) is 164 cm³/mol. The third kappa shape index (κ3) is 5.37. The summed E-state index contributed by atoms with van der Waals surface area (Å²) >= 11 is 3.47. The van der Waals surface area contributed by atoms with E-state index in [2.05, 4.69) is 64.2 Å². The Morgan fingerprint density at radius 2 is 1.63 bits per heavy atom. The van der Waals surface area contributed by atoms with Gasteiger partial charge in [-0.25, -0.2) is 4.98 Å². The van der Waals surface area contributed by atoms with Gasteiger partial charge in [-0.1, -0.05) is 60.7 Å². The molecular formula is C33H30N4O2S2. The van der Waals surface area contributed by atoms with Crippen LogP contribution in [0.2, 0.25) is 0 Å². The second kappa shape index (κ2) is 11.1. The first-order valence-corrected chi connectivity index (χ1v) is 15.8. The highest BCUT2D eigenvalue weighted by Crippen LogP contribution is 2.38. The van der Waals surface area contributed by atoms with Gasteiger partial charge in [0.25, 0.3) is 0 Å². The highest BCUT2D eigenvalue weighted by molar-refractivity contribution is 7.18. The number of imidazole rings is 1.